The lowest BCUT2D eigenvalue weighted by atomic mass is 10.1. The first kappa shape index (κ1) is 13.6. The first-order valence-corrected chi connectivity index (χ1v) is 7.43. The van der Waals surface area contributed by atoms with E-state index in [1.54, 1.807) is 11.3 Å². The fourth-order valence-electron chi connectivity index (χ4n) is 1.98. The van der Waals surface area contributed by atoms with Crippen molar-refractivity contribution in [3.05, 3.63) is 38.8 Å². The number of hydrogen-bond acceptors (Lipinski definition) is 3. The van der Waals surface area contributed by atoms with E-state index in [-0.39, 0.29) is 0 Å². The summed E-state index contributed by atoms with van der Waals surface area (Å²) in [7, 11) is 0. The summed E-state index contributed by atoms with van der Waals surface area (Å²) in [4.78, 5) is 0. The Morgan fingerprint density at radius 3 is 2.83 bits per heavy atom. The zero-order valence-corrected chi connectivity index (χ0v) is 12.1. The SMILES string of the molecule is CCc1nn(CC)c(CC(O)c2ccsc2)c1Cl. The van der Waals surface area contributed by atoms with Gasteiger partial charge in [-0.15, -0.1) is 0 Å². The van der Waals surface area contributed by atoms with Crippen molar-refractivity contribution in [1.82, 2.24) is 9.78 Å². The van der Waals surface area contributed by atoms with Gasteiger partial charge in [0.1, 0.15) is 0 Å². The highest BCUT2D eigenvalue weighted by atomic mass is 35.5. The highest BCUT2D eigenvalue weighted by Gasteiger charge is 2.18. The average molecular weight is 285 g/mol. The van der Waals surface area contributed by atoms with Crippen LogP contribution in [0.15, 0.2) is 16.8 Å². The normalized spacial score (nSPS) is 12.9. The van der Waals surface area contributed by atoms with Crippen LogP contribution in [0, 0.1) is 0 Å². The van der Waals surface area contributed by atoms with Gasteiger partial charge in [-0.25, -0.2) is 0 Å². The lowest BCUT2D eigenvalue weighted by Gasteiger charge is -2.10. The van der Waals surface area contributed by atoms with Crippen molar-refractivity contribution in [2.24, 2.45) is 0 Å². The van der Waals surface area contributed by atoms with Crippen molar-refractivity contribution in [3.63, 3.8) is 0 Å². The Kier molecular flexibility index (Phi) is 4.43. The molecule has 0 aromatic carbocycles. The maximum Gasteiger partial charge on any atom is 0.0853 e. The van der Waals surface area contributed by atoms with Crippen LogP contribution in [0.3, 0.4) is 0 Å². The minimum Gasteiger partial charge on any atom is -0.388 e. The quantitative estimate of drug-likeness (QED) is 0.913. The predicted molar refractivity (Wildman–Crippen MR) is 75.3 cm³/mol. The van der Waals surface area contributed by atoms with Gasteiger partial charge in [-0.05, 0) is 35.7 Å². The monoisotopic (exact) mass is 284 g/mol. The van der Waals surface area contributed by atoms with Gasteiger partial charge in [0.05, 0.1) is 22.5 Å². The summed E-state index contributed by atoms with van der Waals surface area (Å²) < 4.78 is 1.89. The van der Waals surface area contributed by atoms with E-state index >= 15 is 0 Å². The molecule has 2 heterocycles. The Morgan fingerprint density at radius 2 is 2.28 bits per heavy atom. The third-order valence-electron chi connectivity index (χ3n) is 3.01. The fraction of sp³-hybridized carbons (Fsp3) is 0.462. The molecular formula is C13H17ClN2OS. The standard InChI is InChI=1S/C13H17ClN2OS/c1-3-10-13(14)11(16(4-2)15-10)7-12(17)9-5-6-18-8-9/h5-6,8,12,17H,3-4,7H2,1-2H3. The summed E-state index contributed by atoms with van der Waals surface area (Å²) in [5, 5.41) is 19.3. The highest BCUT2D eigenvalue weighted by Crippen LogP contribution is 2.27. The fourth-order valence-corrected chi connectivity index (χ4v) is 3.03. The molecule has 3 nitrogen and oxygen atoms in total. The van der Waals surface area contributed by atoms with Crippen molar-refractivity contribution in [2.45, 2.75) is 39.3 Å². The van der Waals surface area contributed by atoms with Crippen LogP contribution < -0.4 is 0 Å². The minimum atomic E-state index is -0.513. The van der Waals surface area contributed by atoms with Crippen LogP contribution in [-0.4, -0.2) is 14.9 Å². The molecule has 0 bridgehead atoms. The van der Waals surface area contributed by atoms with E-state index in [0.29, 0.717) is 11.4 Å². The van der Waals surface area contributed by atoms with Crippen molar-refractivity contribution in [1.29, 1.82) is 0 Å². The van der Waals surface area contributed by atoms with E-state index in [4.69, 9.17) is 11.6 Å². The van der Waals surface area contributed by atoms with Crippen molar-refractivity contribution >= 4 is 22.9 Å². The number of halogens is 1. The zero-order valence-electron chi connectivity index (χ0n) is 10.6. The summed E-state index contributed by atoms with van der Waals surface area (Å²) in [6.07, 6.45) is 0.810. The molecule has 2 rings (SSSR count). The first-order chi connectivity index (χ1) is 8.67. The number of aliphatic hydroxyl groups is 1. The molecule has 0 radical (unpaired) electrons. The molecule has 5 heteroatoms. The van der Waals surface area contributed by atoms with E-state index < -0.39 is 6.10 Å². The van der Waals surface area contributed by atoms with Gasteiger partial charge in [-0.3, -0.25) is 4.68 Å². The molecule has 0 aliphatic carbocycles. The maximum atomic E-state index is 10.2. The molecule has 18 heavy (non-hydrogen) atoms. The predicted octanol–water partition coefficient (Wildman–Crippen LogP) is 3.46. The summed E-state index contributed by atoms with van der Waals surface area (Å²) in [5.74, 6) is 0. The minimum absolute atomic E-state index is 0.510. The molecule has 0 saturated heterocycles. The Hall–Kier alpha value is -0.840. The molecule has 1 unspecified atom stereocenters. The van der Waals surface area contributed by atoms with Crippen LogP contribution in [0.1, 0.15) is 36.9 Å². The number of thiophene rings is 1. The van der Waals surface area contributed by atoms with Crippen LogP contribution in [0.5, 0.6) is 0 Å². The first-order valence-electron chi connectivity index (χ1n) is 6.11. The van der Waals surface area contributed by atoms with E-state index in [9.17, 15) is 5.11 Å². The third kappa shape index (κ3) is 2.60. The van der Waals surface area contributed by atoms with Gasteiger partial charge in [-0.2, -0.15) is 16.4 Å². The van der Waals surface area contributed by atoms with Gasteiger partial charge in [0.2, 0.25) is 0 Å². The van der Waals surface area contributed by atoms with Crippen molar-refractivity contribution in [2.75, 3.05) is 0 Å². The molecular weight excluding hydrogens is 268 g/mol. The molecule has 0 aliphatic rings. The van der Waals surface area contributed by atoms with Crippen LogP contribution in [0.25, 0.3) is 0 Å². The summed E-state index contributed by atoms with van der Waals surface area (Å²) in [6, 6.07) is 1.94. The second-order valence-electron chi connectivity index (χ2n) is 4.15. The number of aryl methyl sites for hydroxylation is 2. The average Bonchev–Trinajstić information content (AvgIpc) is 2.99. The smallest absolute Gasteiger partial charge is 0.0853 e. The number of nitrogens with zero attached hydrogens (tertiary/aromatic N) is 2. The van der Waals surface area contributed by atoms with Crippen LogP contribution >= 0.6 is 22.9 Å². The van der Waals surface area contributed by atoms with Crippen molar-refractivity contribution < 1.29 is 5.11 Å². The lowest BCUT2D eigenvalue weighted by molar-refractivity contribution is 0.176. The van der Waals surface area contributed by atoms with Gasteiger partial charge in [-0.1, -0.05) is 18.5 Å². The van der Waals surface area contributed by atoms with Gasteiger partial charge in [0, 0.05) is 13.0 Å². The van der Waals surface area contributed by atoms with Gasteiger partial charge < -0.3 is 5.11 Å². The molecule has 1 atom stereocenters. The second kappa shape index (κ2) is 5.87. The maximum absolute atomic E-state index is 10.2. The molecule has 2 aromatic rings. The number of aliphatic hydroxyl groups excluding tert-OH is 1. The van der Waals surface area contributed by atoms with Gasteiger partial charge in [0.15, 0.2) is 0 Å². The molecule has 0 amide bonds. The summed E-state index contributed by atoms with van der Waals surface area (Å²) in [6.45, 7) is 4.84. The molecule has 0 saturated carbocycles. The Labute approximate surface area is 116 Å². The van der Waals surface area contributed by atoms with Gasteiger partial charge >= 0.3 is 0 Å². The molecule has 98 valence electrons. The Bertz CT molecular complexity index is 507. The molecule has 0 fully saturated rings. The summed E-state index contributed by atoms with van der Waals surface area (Å²) in [5.41, 5.74) is 2.78. The van der Waals surface area contributed by atoms with E-state index in [2.05, 4.69) is 5.10 Å². The van der Waals surface area contributed by atoms with E-state index in [1.165, 1.54) is 0 Å². The van der Waals surface area contributed by atoms with Crippen molar-refractivity contribution in [3.8, 4) is 0 Å². The van der Waals surface area contributed by atoms with Crippen LogP contribution in [-0.2, 0) is 19.4 Å². The molecule has 1 N–H and O–H groups in total. The second-order valence-corrected chi connectivity index (χ2v) is 5.31. The van der Waals surface area contributed by atoms with Crippen LogP contribution in [0.2, 0.25) is 5.02 Å². The third-order valence-corrected chi connectivity index (χ3v) is 4.15. The Morgan fingerprint density at radius 1 is 1.50 bits per heavy atom. The zero-order chi connectivity index (χ0) is 13.1. The topological polar surface area (TPSA) is 38.0 Å². The van der Waals surface area contributed by atoms with E-state index in [1.807, 2.05) is 35.4 Å². The molecule has 0 spiro atoms. The Balaban J connectivity index is 2.25. The number of rotatable bonds is 5. The summed E-state index contributed by atoms with van der Waals surface area (Å²) >= 11 is 7.91. The largest absolute Gasteiger partial charge is 0.388 e. The van der Waals surface area contributed by atoms with Crippen LogP contribution in [0.4, 0.5) is 0 Å². The number of aromatic nitrogens is 2. The van der Waals surface area contributed by atoms with E-state index in [0.717, 1.165) is 29.9 Å². The molecule has 0 aliphatic heterocycles. The lowest BCUT2D eigenvalue weighted by Crippen LogP contribution is -2.08. The number of hydrogen-bond donors (Lipinski definition) is 1. The highest BCUT2D eigenvalue weighted by molar-refractivity contribution is 7.07. The van der Waals surface area contributed by atoms with Gasteiger partial charge in [0.25, 0.3) is 0 Å². The molecule has 2 aromatic heterocycles.